The molecular weight excluding hydrogens is 500 g/mol. The summed E-state index contributed by atoms with van der Waals surface area (Å²) in [5.74, 6) is 1.58. The number of hydrogen-bond donors (Lipinski definition) is 1. The number of amides is 2. The molecule has 0 bridgehead atoms. The zero-order valence-corrected chi connectivity index (χ0v) is 23.1. The SMILES string of the molecule is CCOCCCN(C(=O)[C@@H]1COc2ccccc2O1)[C@@H](C(=O)NC1CCCCC1)c1ccc(OC)c(OC)c1. The Hall–Kier alpha value is -3.46. The Bertz CT molecular complexity index is 1100. The lowest BCUT2D eigenvalue weighted by molar-refractivity contribution is -0.149. The van der Waals surface area contributed by atoms with Crippen molar-refractivity contribution in [3.05, 3.63) is 48.0 Å². The van der Waals surface area contributed by atoms with E-state index < -0.39 is 12.1 Å². The Balaban J connectivity index is 1.68. The molecule has 0 aromatic heterocycles. The number of nitrogens with zero attached hydrogens (tertiary/aromatic N) is 1. The van der Waals surface area contributed by atoms with E-state index in [1.54, 1.807) is 43.4 Å². The molecule has 9 heteroatoms. The molecule has 2 aliphatic rings. The number of fused-ring (bicyclic) bond motifs is 1. The van der Waals surface area contributed by atoms with Gasteiger partial charge >= 0.3 is 0 Å². The fourth-order valence-corrected chi connectivity index (χ4v) is 5.20. The third kappa shape index (κ3) is 7.15. The van der Waals surface area contributed by atoms with E-state index in [1.165, 1.54) is 6.42 Å². The molecule has 2 aromatic carbocycles. The zero-order valence-electron chi connectivity index (χ0n) is 23.1. The monoisotopic (exact) mass is 540 g/mol. The lowest BCUT2D eigenvalue weighted by Gasteiger charge is -2.36. The molecule has 1 aliphatic heterocycles. The maximum Gasteiger partial charge on any atom is 0.268 e. The lowest BCUT2D eigenvalue weighted by Crippen LogP contribution is -2.52. The van der Waals surface area contributed by atoms with Gasteiger partial charge in [-0.05, 0) is 56.0 Å². The van der Waals surface area contributed by atoms with Crippen LogP contribution in [0, 0.1) is 0 Å². The third-order valence-electron chi connectivity index (χ3n) is 7.19. The van der Waals surface area contributed by atoms with Crippen LogP contribution in [0.15, 0.2) is 42.5 Å². The number of hydrogen-bond acceptors (Lipinski definition) is 7. The van der Waals surface area contributed by atoms with Crippen LogP contribution in [0.1, 0.15) is 57.1 Å². The molecule has 1 N–H and O–H groups in total. The van der Waals surface area contributed by atoms with Crippen molar-refractivity contribution in [1.29, 1.82) is 0 Å². The topological polar surface area (TPSA) is 95.6 Å². The van der Waals surface area contributed by atoms with Crippen LogP contribution in [0.2, 0.25) is 0 Å². The summed E-state index contributed by atoms with van der Waals surface area (Å²) in [6.07, 6.45) is 4.86. The minimum absolute atomic E-state index is 0.0563. The van der Waals surface area contributed by atoms with E-state index in [0.29, 0.717) is 54.7 Å². The summed E-state index contributed by atoms with van der Waals surface area (Å²) in [5, 5.41) is 3.23. The van der Waals surface area contributed by atoms with Gasteiger partial charge in [0.1, 0.15) is 12.6 Å². The van der Waals surface area contributed by atoms with Crippen LogP contribution < -0.4 is 24.3 Å². The molecule has 212 valence electrons. The van der Waals surface area contributed by atoms with Crippen molar-refractivity contribution in [2.45, 2.75) is 63.6 Å². The number of carbonyl (C=O) groups excluding carboxylic acids is 2. The Morgan fingerprint density at radius 2 is 1.77 bits per heavy atom. The van der Waals surface area contributed by atoms with Crippen LogP contribution in [0.4, 0.5) is 0 Å². The Morgan fingerprint density at radius 1 is 1.03 bits per heavy atom. The summed E-state index contributed by atoms with van der Waals surface area (Å²) in [6, 6.07) is 11.8. The molecule has 1 fully saturated rings. The van der Waals surface area contributed by atoms with Gasteiger partial charge in [0.2, 0.25) is 12.0 Å². The van der Waals surface area contributed by atoms with Crippen molar-refractivity contribution in [2.24, 2.45) is 0 Å². The largest absolute Gasteiger partial charge is 0.493 e. The number of nitrogens with one attached hydrogen (secondary N) is 1. The zero-order chi connectivity index (χ0) is 27.6. The molecule has 0 spiro atoms. The highest BCUT2D eigenvalue weighted by atomic mass is 16.6. The fourth-order valence-electron chi connectivity index (χ4n) is 5.20. The van der Waals surface area contributed by atoms with Gasteiger partial charge in [0.15, 0.2) is 23.0 Å². The minimum atomic E-state index is -0.901. The van der Waals surface area contributed by atoms with E-state index in [1.807, 2.05) is 25.1 Å². The summed E-state index contributed by atoms with van der Waals surface area (Å²) >= 11 is 0. The van der Waals surface area contributed by atoms with Crippen molar-refractivity contribution in [3.63, 3.8) is 0 Å². The first-order valence-electron chi connectivity index (χ1n) is 13.8. The predicted molar refractivity (Wildman–Crippen MR) is 146 cm³/mol. The van der Waals surface area contributed by atoms with Crippen LogP contribution in [0.25, 0.3) is 0 Å². The Labute approximate surface area is 230 Å². The number of carbonyl (C=O) groups is 2. The smallest absolute Gasteiger partial charge is 0.268 e. The second-order valence-corrected chi connectivity index (χ2v) is 9.81. The van der Waals surface area contributed by atoms with Gasteiger partial charge in [-0.1, -0.05) is 37.5 Å². The highest BCUT2D eigenvalue weighted by molar-refractivity contribution is 5.91. The van der Waals surface area contributed by atoms with Crippen molar-refractivity contribution in [3.8, 4) is 23.0 Å². The second-order valence-electron chi connectivity index (χ2n) is 9.81. The normalized spacial score (nSPS) is 17.7. The molecule has 0 unspecified atom stereocenters. The average Bonchev–Trinajstić information content (AvgIpc) is 2.98. The maximum absolute atomic E-state index is 14.1. The molecule has 0 saturated heterocycles. The van der Waals surface area contributed by atoms with E-state index in [0.717, 1.165) is 25.7 Å². The van der Waals surface area contributed by atoms with Crippen LogP contribution in [0.3, 0.4) is 0 Å². The molecule has 4 rings (SSSR count). The average molecular weight is 541 g/mol. The van der Waals surface area contributed by atoms with Crippen molar-refractivity contribution in [2.75, 3.05) is 40.6 Å². The maximum atomic E-state index is 14.1. The molecule has 1 heterocycles. The van der Waals surface area contributed by atoms with E-state index in [4.69, 9.17) is 23.7 Å². The molecule has 1 aliphatic carbocycles. The summed E-state index contributed by atoms with van der Waals surface area (Å²) in [6.45, 7) is 3.33. The minimum Gasteiger partial charge on any atom is -0.493 e. The van der Waals surface area contributed by atoms with Crippen LogP contribution in [0.5, 0.6) is 23.0 Å². The molecule has 39 heavy (non-hydrogen) atoms. The van der Waals surface area contributed by atoms with Gasteiger partial charge in [0.05, 0.1) is 14.2 Å². The Kier molecular flexibility index (Phi) is 10.3. The third-order valence-corrected chi connectivity index (χ3v) is 7.19. The first-order chi connectivity index (χ1) is 19.0. The van der Waals surface area contributed by atoms with Crippen molar-refractivity contribution in [1.82, 2.24) is 10.2 Å². The van der Waals surface area contributed by atoms with Crippen LogP contribution in [-0.4, -0.2) is 69.4 Å². The summed E-state index contributed by atoms with van der Waals surface area (Å²) in [7, 11) is 3.11. The van der Waals surface area contributed by atoms with Crippen molar-refractivity contribution < 1.29 is 33.3 Å². The number of para-hydroxylation sites is 2. The number of ether oxygens (including phenoxy) is 5. The van der Waals surface area contributed by atoms with Gasteiger partial charge in [-0.2, -0.15) is 0 Å². The Morgan fingerprint density at radius 3 is 2.49 bits per heavy atom. The summed E-state index contributed by atoms with van der Waals surface area (Å²) < 4.78 is 28.4. The molecule has 1 saturated carbocycles. The van der Waals surface area contributed by atoms with Gasteiger partial charge in [0, 0.05) is 25.8 Å². The lowest BCUT2D eigenvalue weighted by atomic mass is 9.94. The predicted octanol–water partition coefficient (Wildman–Crippen LogP) is 4.29. The molecule has 0 radical (unpaired) electrons. The summed E-state index contributed by atoms with van der Waals surface area (Å²) in [5.41, 5.74) is 0.628. The number of benzene rings is 2. The fraction of sp³-hybridized carbons (Fsp3) is 0.533. The van der Waals surface area contributed by atoms with E-state index in [2.05, 4.69) is 5.32 Å². The quantitative estimate of drug-likeness (QED) is 0.401. The first-order valence-corrected chi connectivity index (χ1v) is 13.8. The van der Waals surface area contributed by atoms with Crippen LogP contribution >= 0.6 is 0 Å². The van der Waals surface area contributed by atoms with Gasteiger partial charge in [-0.15, -0.1) is 0 Å². The van der Waals surface area contributed by atoms with E-state index in [-0.39, 0.29) is 24.5 Å². The standard InChI is InChI=1S/C30H40N2O7/c1-4-37-18-10-17-32(30(34)27-20-38-24-13-8-9-14-25(24)39-27)28(29(33)31-22-11-6-5-7-12-22)21-15-16-23(35-2)26(19-21)36-3/h8-9,13-16,19,22,27-28H,4-7,10-12,17-18,20H2,1-3H3,(H,31,33)/t27-,28+/m0/s1. The molecule has 2 amide bonds. The molecular formula is C30H40N2O7. The molecule has 9 nitrogen and oxygen atoms in total. The number of rotatable bonds is 12. The molecule has 2 aromatic rings. The second kappa shape index (κ2) is 14.1. The highest BCUT2D eigenvalue weighted by Gasteiger charge is 2.39. The first kappa shape index (κ1) is 28.5. The van der Waals surface area contributed by atoms with Gasteiger partial charge in [-0.25, -0.2) is 0 Å². The van der Waals surface area contributed by atoms with Crippen molar-refractivity contribution >= 4 is 11.8 Å². The summed E-state index contributed by atoms with van der Waals surface area (Å²) in [4.78, 5) is 29.7. The van der Waals surface area contributed by atoms with Gasteiger partial charge in [-0.3, -0.25) is 9.59 Å². The highest BCUT2D eigenvalue weighted by Crippen LogP contribution is 2.35. The van der Waals surface area contributed by atoms with Gasteiger partial charge in [0.25, 0.3) is 5.91 Å². The molecule has 2 atom stereocenters. The van der Waals surface area contributed by atoms with E-state index >= 15 is 0 Å². The van der Waals surface area contributed by atoms with Gasteiger partial charge < -0.3 is 33.9 Å². The van der Waals surface area contributed by atoms with Crippen LogP contribution in [-0.2, 0) is 14.3 Å². The van der Waals surface area contributed by atoms with E-state index in [9.17, 15) is 9.59 Å². The number of methoxy groups -OCH3 is 2.